The van der Waals surface area contributed by atoms with E-state index in [-0.39, 0.29) is 17.8 Å². The van der Waals surface area contributed by atoms with Gasteiger partial charge in [0.2, 0.25) is 0 Å². The maximum Gasteiger partial charge on any atom is 0.307 e. The molecule has 1 aliphatic heterocycles. The summed E-state index contributed by atoms with van der Waals surface area (Å²) in [6.45, 7) is 3.04. The van der Waals surface area contributed by atoms with Crippen molar-refractivity contribution in [2.24, 2.45) is 17.8 Å². The predicted molar refractivity (Wildman–Crippen MR) is 54.3 cm³/mol. The van der Waals surface area contributed by atoms with Crippen LogP contribution in [0.5, 0.6) is 0 Å². The Hall–Kier alpha value is -0.640. The number of hydrogen-bond acceptors (Lipinski definition) is 2. The molecule has 0 amide bonds. The number of hydrogen-bond donors (Lipinski definition) is 1. The van der Waals surface area contributed by atoms with E-state index < -0.39 is 11.6 Å². The summed E-state index contributed by atoms with van der Waals surface area (Å²) >= 11 is 0. The van der Waals surface area contributed by atoms with Crippen molar-refractivity contribution in [1.82, 2.24) is 4.90 Å². The van der Waals surface area contributed by atoms with Crippen LogP contribution >= 0.6 is 0 Å². The molecule has 1 saturated heterocycles. The summed E-state index contributed by atoms with van der Waals surface area (Å²) < 4.78 is 13.9. The first kappa shape index (κ1) is 10.9. The van der Waals surface area contributed by atoms with Gasteiger partial charge in [0, 0.05) is 13.1 Å². The second-order valence-electron chi connectivity index (χ2n) is 5.43. The molecule has 15 heavy (non-hydrogen) atoms. The molecular weight excluding hydrogens is 197 g/mol. The minimum atomic E-state index is -1.16. The molecule has 1 heterocycles. The van der Waals surface area contributed by atoms with Gasteiger partial charge in [-0.2, -0.15) is 0 Å². The van der Waals surface area contributed by atoms with Crippen LogP contribution in [0, 0.1) is 17.8 Å². The maximum absolute atomic E-state index is 13.9. The number of aliphatic carboxylic acids is 1. The SMILES string of the molecule is CN1CC2CC(C)(F)CC(C1)C2C(=O)O. The molecule has 0 aromatic heterocycles. The molecule has 2 fully saturated rings. The highest BCUT2D eigenvalue weighted by atomic mass is 19.1. The first-order valence-electron chi connectivity index (χ1n) is 5.49. The second kappa shape index (κ2) is 3.44. The molecule has 86 valence electrons. The lowest BCUT2D eigenvalue weighted by Crippen LogP contribution is -2.54. The molecular formula is C11H18FNO2. The zero-order chi connectivity index (χ0) is 11.2. The number of carbonyl (C=O) groups is 1. The summed E-state index contributed by atoms with van der Waals surface area (Å²) in [4.78, 5) is 13.3. The summed E-state index contributed by atoms with van der Waals surface area (Å²) in [5.41, 5.74) is -1.16. The van der Waals surface area contributed by atoms with Crippen molar-refractivity contribution >= 4 is 5.97 Å². The Labute approximate surface area is 89.3 Å². The molecule has 0 aromatic rings. The number of likely N-dealkylation sites (tertiary alicyclic amines) is 1. The summed E-state index contributed by atoms with van der Waals surface area (Å²) in [6, 6.07) is 0. The van der Waals surface area contributed by atoms with E-state index in [4.69, 9.17) is 5.11 Å². The van der Waals surface area contributed by atoms with E-state index >= 15 is 0 Å². The van der Waals surface area contributed by atoms with E-state index in [0.717, 1.165) is 0 Å². The van der Waals surface area contributed by atoms with E-state index in [0.29, 0.717) is 25.9 Å². The fourth-order valence-corrected chi connectivity index (χ4v) is 3.45. The lowest BCUT2D eigenvalue weighted by atomic mass is 9.64. The minimum absolute atomic E-state index is 0.0185. The average molecular weight is 215 g/mol. The third-order valence-corrected chi connectivity index (χ3v) is 3.77. The lowest BCUT2D eigenvalue weighted by molar-refractivity contribution is -0.154. The van der Waals surface area contributed by atoms with Crippen molar-refractivity contribution in [1.29, 1.82) is 0 Å². The summed E-state index contributed by atoms with van der Waals surface area (Å²) in [7, 11) is 1.99. The van der Waals surface area contributed by atoms with Crippen molar-refractivity contribution in [2.45, 2.75) is 25.4 Å². The largest absolute Gasteiger partial charge is 0.481 e. The highest BCUT2D eigenvalue weighted by Gasteiger charge is 2.50. The van der Waals surface area contributed by atoms with Crippen LogP contribution in [0.4, 0.5) is 4.39 Å². The molecule has 3 nitrogen and oxygen atoms in total. The fourth-order valence-electron chi connectivity index (χ4n) is 3.45. The number of nitrogens with zero attached hydrogens (tertiary/aromatic N) is 1. The van der Waals surface area contributed by atoms with Gasteiger partial charge in [0.1, 0.15) is 5.67 Å². The molecule has 1 aliphatic carbocycles. The van der Waals surface area contributed by atoms with Crippen LogP contribution in [-0.2, 0) is 4.79 Å². The van der Waals surface area contributed by atoms with Gasteiger partial charge in [0.25, 0.3) is 0 Å². The maximum atomic E-state index is 13.9. The summed E-state index contributed by atoms with van der Waals surface area (Å²) in [5.74, 6) is -1.11. The molecule has 2 aliphatic rings. The molecule has 2 rings (SSSR count). The first-order chi connectivity index (χ1) is 6.89. The van der Waals surface area contributed by atoms with Crippen LogP contribution < -0.4 is 0 Å². The Morgan fingerprint density at radius 3 is 2.27 bits per heavy atom. The molecule has 4 heteroatoms. The summed E-state index contributed by atoms with van der Waals surface area (Å²) in [5, 5.41) is 9.16. The highest BCUT2D eigenvalue weighted by molar-refractivity contribution is 5.71. The number of carboxylic acids is 1. The van der Waals surface area contributed by atoms with Gasteiger partial charge >= 0.3 is 5.97 Å². The van der Waals surface area contributed by atoms with E-state index in [1.165, 1.54) is 0 Å². The third-order valence-electron chi connectivity index (χ3n) is 3.77. The van der Waals surface area contributed by atoms with Gasteiger partial charge in [-0.15, -0.1) is 0 Å². The standard InChI is InChI=1S/C11H18FNO2/c1-11(12)3-7-5-13(2)6-8(4-11)9(7)10(14)15/h7-9H,3-6H2,1-2H3,(H,14,15). The molecule has 2 bridgehead atoms. The van der Waals surface area contributed by atoms with E-state index in [9.17, 15) is 9.18 Å². The van der Waals surface area contributed by atoms with Crippen LogP contribution in [0.25, 0.3) is 0 Å². The van der Waals surface area contributed by atoms with Gasteiger partial charge in [0.15, 0.2) is 0 Å². The first-order valence-corrected chi connectivity index (χ1v) is 5.49. The highest BCUT2D eigenvalue weighted by Crippen LogP contribution is 2.45. The van der Waals surface area contributed by atoms with Gasteiger partial charge in [-0.3, -0.25) is 4.79 Å². The second-order valence-corrected chi connectivity index (χ2v) is 5.43. The monoisotopic (exact) mass is 215 g/mol. The zero-order valence-electron chi connectivity index (χ0n) is 9.24. The molecule has 1 N–H and O–H groups in total. The van der Waals surface area contributed by atoms with Crippen molar-refractivity contribution in [3.8, 4) is 0 Å². The van der Waals surface area contributed by atoms with E-state index in [1.54, 1.807) is 6.92 Å². The Morgan fingerprint density at radius 1 is 1.40 bits per heavy atom. The fraction of sp³-hybridized carbons (Fsp3) is 0.909. The number of rotatable bonds is 1. The van der Waals surface area contributed by atoms with Crippen LogP contribution in [0.2, 0.25) is 0 Å². The van der Waals surface area contributed by atoms with Crippen molar-refractivity contribution < 1.29 is 14.3 Å². The van der Waals surface area contributed by atoms with Crippen molar-refractivity contribution in [3.05, 3.63) is 0 Å². The predicted octanol–water partition coefficient (Wildman–Crippen LogP) is 1.39. The molecule has 0 spiro atoms. The van der Waals surface area contributed by atoms with Crippen LogP contribution in [0.15, 0.2) is 0 Å². The van der Waals surface area contributed by atoms with Crippen LogP contribution in [0.1, 0.15) is 19.8 Å². The average Bonchev–Trinajstić information content (AvgIpc) is 1.97. The van der Waals surface area contributed by atoms with Gasteiger partial charge in [-0.05, 0) is 38.6 Å². The van der Waals surface area contributed by atoms with Crippen LogP contribution in [-0.4, -0.2) is 41.8 Å². The van der Waals surface area contributed by atoms with E-state index in [2.05, 4.69) is 4.90 Å². The third kappa shape index (κ3) is 2.00. The van der Waals surface area contributed by atoms with Crippen molar-refractivity contribution in [3.63, 3.8) is 0 Å². The number of carboxylic acid groups (broad SMARTS) is 1. The number of fused-ring (bicyclic) bond motifs is 2. The Morgan fingerprint density at radius 2 is 1.87 bits per heavy atom. The molecule has 0 aromatic carbocycles. The topological polar surface area (TPSA) is 40.5 Å². The molecule has 1 saturated carbocycles. The normalized spacial score (nSPS) is 46.5. The minimum Gasteiger partial charge on any atom is -0.481 e. The molecule has 2 unspecified atom stereocenters. The number of piperidine rings is 1. The quantitative estimate of drug-likeness (QED) is 0.718. The molecule has 2 atom stereocenters. The van der Waals surface area contributed by atoms with Gasteiger partial charge in [-0.1, -0.05) is 0 Å². The van der Waals surface area contributed by atoms with Gasteiger partial charge < -0.3 is 10.0 Å². The smallest absolute Gasteiger partial charge is 0.307 e. The van der Waals surface area contributed by atoms with E-state index in [1.807, 2.05) is 7.05 Å². The van der Waals surface area contributed by atoms with Gasteiger partial charge in [-0.25, -0.2) is 4.39 Å². The van der Waals surface area contributed by atoms with Gasteiger partial charge in [0.05, 0.1) is 5.92 Å². The Kier molecular flexibility index (Phi) is 2.49. The number of alkyl halides is 1. The van der Waals surface area contributed by atoms with Crippen molar-refractivity contribution in [2.75, 3.05) is 20.1 Å². The lowest BCUT2D eigenvalue weighted by Gasteiger charge is -2.48. The molecule has 0 radical (unpaired) electrons. The summed E-state index contributed by atoms with van der Waals surface area (Å²) in [6.07, 6.45) is 0.787. The van der Waals surface area contributed by atoms with Crippen LogP contribution in [0.3, 0.4) is 0 Å². The Bertz CT molecular complexity index is 262. The zero-order valence-corrected chi connectivity index (χ0v) is 9.24. The number of halogens is 1. The Balaban J connectivity index is 2.21.